The Morgan fingerprint density at radius 2 is 1.93 bits per heavy atom. The summed E-state index contributed by atoms with van der Waals surface area (Å²) in [6, 6.07) is 11.1. The lowest BCUT2D eigenvalue weighted by atomic mass is 9.69. The Morgan fingerprint density at radius 3 is 2.63 bits per heavy atom. The molecule has 4 heterocycles. The fourth-order valence-corrected chi connectivity index (χ4v) is 6.71. The minimum absolute atomic E-state index is 0.296. The second kappa shape index (κ2) is 7.99. The van der Waals surface area contributed by atoms with E-state index in [1.54, 1.807) is 0 Å². The molecule has 1 N–H and O–H groups in total. The maximum atomic E-state index is 13.8. The summed E-state index contributed by atoms with van der Waals surface area (Å²) >= 11 is 0. The van der Waals surface area contributed by atoms with Crippen LogP contribution in [0.1, 0.15) is 51.0 Å². The Bertz CT molecular complexity index is 791. The highest BCUT2D eigenvalue weighted by molar-refractivity contribution is 5.85. The van der Waals surface area contributed by atoms with Crippen LogP contribution in [0.4, 0.5) is 0 Å². The van der Waals surface area contributed by atoms with Crippen LogP contribution >= 0.6 is 0 Å². The van der Waals surface area contributed by atoms with Crippen LogP contribution in [-0.4, -0.2) is 59.9 Å². The Balaban J connectivity index is 1.37. The summed E-state index contributed by atoms with van der Waals surface area (Å²) in [4.78, 5) is 31.1. The van der Waals surface area contributed by atoms with Crippen molar-refractivity contribution in [1.82, 2.24) is 15.1 Å². The molecule has 0 saturated carbocycles. The largest absolute Gasteiger partial charge is 0.341 e. The van der Waals surface area contributed by atoms with E-state index in [1.165, 1.54) is 12.0 Å². The number of hydrogen-bond acceptors (Lipinski definition) is 3. The molecule has 4 atom stereocenters. The molecule has 4 saturated heterocycles. The zero-order valence-electron chi connectivity index (χ0n) is 18.2. The first kappa shape index (κ1) is 20.0. The topological polar surface area (TPSA) is 52.7 Å². The monoisotopic (exact) mass is 409 g/mol. The van der Waals surface area contributed by atoms with Gasteiger partial charge >= 0.3 is 0 Å². The van der Waals surface area contributed by atoms with Crippen LogP contribution in [0.5, 0.6) is 0 Å². The molecular formula is C25H35N3O2. The third kappa shape index (κ3) is 3.35. The Labute approximate surface area is 180 Å². The lowest BCUT2D eigenvalue weighted by Crippen LogP contribution is -2.69. The molecule has 0 spiro atoms. The van der Waals surface area contributed by atoms with Gasteiger partial charge in [-0.15, -0.1) is 0 Å². The normalized spacial score (nSPS) is 32.4. The van der Waals surface area contributed by atoms with Gasteiger partial charge in [-0.2, -0.15) is 0 Å². The van der Waals surface area contributed by atoms with Crippen molar-refractivity contribution >= 4 is 11.8 Å². The van der Waals surface area contributed by atoms with Crippen molar-refractivity contribution in [2.24, 2.45) is 17.3 Å². The summed E-state index contributed by atoms with van der Waals surface area (Å²) in [7, 11) is 0. The molecule has 0 unspecified atom stereocenters. The van der Waals surface area contributed by atoms with Crippen LogP contribution in [0.2, 0.25) is 0 Å². The molecule has 1 aromatic carbocycles. The summed E-state index contributed by atoms with van der Waals surface area (Å²) in [6.45, 7) is 5.43. The zero-order valence-corrected chi connectivity index (χ0v) is 18.2. The lowest BCUT2D eigenvalue weighted by Gasteiger charge is -2.58. The second-order valence-corrected chi connectivity index (χ2v) is 10.1. The fraction of sp³-hybridized carbons (Fsp3) is 0.680. The van der Waals surface area contributed by atoms with Crippen LogP contribution in [0, 0.1) is 17.3 Å². The second-order valence-electron chi connectivity index (χ2n) is 10.1. The molecule has 4 fully saturated rings. The van der Waals surface area contributed by atoms with E-state index in [4.69, 9.17) is 0 Å². The number of nitrogens with zero attached hydrogens (tertiary/aromatic N) is 2. The van der Waals surface area contributed by atoms with E-state index in [1.807, 2.05) is 6.07 Å². The van der Waals surface area contributed by atoms with Gasteiger partial charge in [-0.05, 0) is 49.5 Å². The van der Waals surface area contributed by atoms with Gasteiger partial charge in [0.15, 0.2) is 0 Å². The van der Waals surface area contributed by atoms with E-state index in [0.717, 1.165) is 58.3 Å². The van der Waals surface area contributed by atoms with Gasteiger partial charge in [0.25, 0.3) is 0 Å². The third-order valence-electron chi connectivity index (χ3n) is 8.13. The molecule has 2 amide bonds. The first-order valence-electron chi connectivity index (χ1n) is 12.0. The molecule has 30 heavy (non-hydrogen) atoms. The van der Waals surface area contributed by atoms with Gasteiger partial charge in [-0.1, -0.05) is 43.7 Å². The summed E-state index contributed by atoms with van der Waals surface area (Å²) < 4.78 is 0. The number of carbonyl (C=O) groups excluding carboxylic acids is 2. The highest BCUT2D eigenvalue weighted by Gasteiger charge is 2.53. The van der Waals surface area contributed by atoms with Crippen molar-refractivity contribution in [2.75, 3.05) is 26.2 Å². The Hall–Kier alpha value is -1.88. The van der Waals surface area contributed by atoms with E-state index in [2.05, 4.69) is 46.3 Å². The predicted octanol–water partition coefficient (Wildman–Crippen LogP) is 2.85. The van der Waals surface area contributed by atoms with Crippen molar-refractivity contribution in [3.8, 4) is 0 Å². The molecule has 4 aliphatic heterocycles. The molecule has 0 aliphatic carbocycles. The number of likely N-dealkylation sites (tertiary alicyclic amines) is 1. The van der Waals surface area contributed by atoms with Gasteiger partial charge in [0.1, 0.15) is 0 Å². The van der Waals surface area contributed by atoms with E-state index < -0.39 is 0 Å². The molecule has 1 aromatic rings. The number of hydrogen-bond donors (Lipinski definition) is 1. The Morgan fingerprint density at radius 1 is 1.17 bits per heavy atom. The van der Waals surface area contributed by atoms with Crippen LogP contribution < -0.4 is 5.32 Å². The number of benzene rings is 1. The van der Waals surface area contributed by atoms with Crippen molar-refractivity contribution in [3.05, 3.63) is 35.9 Å². The summed E-state index contributed by atoms with van der Waals surface area (Å²) in [5, 5.41) is 3.37. The third-order valence-corrected chi connectivity index (χ3v) is 8.13. The summed E-state index contributed by atoms with van der Waals surface area (Å²) in [6.07, 6.45) is 7.00. The fourth-order valence-electron chi connectivity index (χ4n) is 6.71. The molecule has 162 valence electrons. The summed E-state index contributed by atoms with van der Waals surface area (Å²) in [5.41, 5.74) is 0.951. The van der Waals surface area contributed by atoms with E-state index in [9.17, 15) is 9.59 Å². The Kier molecular flexibility index (Phi) is 5.34. The molecule has 0 aromatic heterocycles. The predicted molar refractivity (Wildman–Crippen MR) is 117 cm³/mol. The number of carbonyl (C=O) groups is 2. The maximum absolute atomic E-state index is 13.8. The summed E-state index contributed by atoms with van der Waals surface area (Å²) in [5.74, 6) is 1.59. The molecule has 5 heteroatoms. The number of nitrogens with one attached hydrogen (secondary N) is 1. The van der Waals surface area contributed by atoms with Crippen LogP contribution in [-0.2, 0) is 16.0 Å². The van der Waals surface area contributed by atoms with Crippen molar-refractivity contribution < 1.29 is 9.59 Å². The average Bonchev–Trinajstić information content (AvgIpc) is 2.74. The molecule has 5 rings (SSSR count). The first-order chi connectivity index (χ1) is 14.6. The minimum Gasteiger partial charge on any atom is -0.341 e. The van der Waals surface area contributed by atoms with E-state index in [-0.39, 0.29) is 5.41 Å². The number of amides is 2. The number of rotatable bonds is 5. The van der Waals surface area contributed by atoms with E-state index >= 15 is 0 Å². The van der Waals surface area contributed by atoms with Crippen molar-refractivity contribution in [3.63, 3.8) is 0 Å². The van der Waals surface area contributed by atoms with Gasteiger partial charge in [0.05, 0.1) is 5.41 Å². The molecule has 0 radical (unpaired) electrons. The van der Waals surface area contributed by atoms with Crippen LogP contribution in [0.15, 0.2) is 30.3 Å². The average molecular weight is 410 g/mol. The highest BCUT2D eigenvalue weighted by Crippen LogP contribution is 2.44. The zero-order chi connectivity index (χ0) is 20.7. The van der Waals surface area contributed by atoms with Crippen LogP contribution in [0.25, 0.3) is 0 Å². The van der Waals surface area contributed by atoms with Gasteiger partial charge in [0.2, 0.25) is 11.8 Å². The number of piperidine rings is 3. The van der Waals surface area contributed by atoms with Crippen molar-refractivity contribution in [2.45, 2.75) is 64.0 Å². The SMILES string of the molecule is CCC[C@H]1[C@H]2C[C@H](CN(C(=O)C3(Cc4ccccc4)CNC3)C2)[C@@H]2CCCC(=O)N21. The molecular weight excluding hydrogens is 374 g/mol. The molecule has 5 nitrogen and oxygen atoms in total. The van der Waals surface area contributed by atoms with Gasteiger partial charge < -0.3 is 15.1 Å². The van der Waals surface area contributed by atoms with Gasteiger partial charge in [-0.25, -0.2) is 0 Å². The molecule has 2 bridgehead atoms. The standard InChI is InChI=1S/C25H35N3O2/c1-2-7-21-19-12-20(22-10-6-11-23(29)28(21)22)15-27(14-19)24(30)25(16-26-17-25)13-18-8-4-3-5-9-18/h3-5,8-9,19-22,26H,2,6-7,10-17H2,1H3/t19-,20+,21-,22-/m0/s1. The quantitative estimate of drug-likeness (QED) is 0.814. The lowest BCUT2D eigenvalue weighted by molar-refractivity contribution is -0.162. The van der Waals surface area contributed by atoms with Crippen LogP contribution in [0.3, 0.4) is 0 Å². The molecule has 4 aliphatic rings. The first-order valence-corrected chi connectivity index (χ1v) is 12.0. The smallest absolute Gasteiger partial charge is 0.231 e. The number of fused-ring (bicyclic) bond motifs is 4. The minimum atomic E-state index is -0.296. The highest BCUT2D eigenvalue weighted by atomic mass is 16.2. The van der Waals surface area contributed by atoms with Gasteiger partial charge in [0, 0.05) is 44.7 Å². The maximum Gasteiger partial charge on any atom is 0.231 e. The van der Waals surface area contributed by atoms with Gasteiger partial charge in [-0.3, -0.25) is 9.59 Å². The van der Waals surface area contributed by atoms with Crippen molar-refractivity contribution in [1.29, 1.82) is 0 Å². The van der Waals surface area contributed by atoms with E-state index in [0.29, 0.717) is 42.2 Å².